The highest BCUT2D eigenvalue weighted by Crippen LogP contribution is 2.28. The summed E-state index contributed by atoms with van der Waals surface area (Å²) < 4.78 is 10.0. The molecule has 0 N–H and O–H groups in total. The van der Waals surface area contributed by atoms with Crippen molar-refractivity contribution in [3.63, 3.8) is 0 Å². The molecule has 0 aliphatic rings. The maximum absolute atomic E-state index is 5.69. The first-order valence-electron chi connectivity index (χ1n) is 8.78. The van der Waals surface area contributed by atoms with Crippen LogP contribution in [0, 0.1) is 4.77 Å². The molecule has 0 saturated heterocycles. The van der Waals surface area contributed by atoms with Crippen molar-refractivity contribution in [3.05, 3.63) is 77.6 Å². The number of para-hydroxylation sites is 1. The van der Waals surface area contributed by atoms with Crippen molar-refractivity contribution in [1.29, 1.82) is 0 Å². The van der Waals surface area contributed by atoms with Crippen molar-refractivity contribution in [2.45, 2.75) is 19.8 Å². The van der Waals surface area contributed by atoms with Gasteiger partial charge >= 0.3 is 0 Å². The van der Waals surface area contributed by atoms with Gasteiger partial charge in [-0.05, 0) is 37.0 Å². The maximum Gasteiger partial charge on any atom is 0.199 e. The van der Waals surface area contributed by atoms with Crippen LogP contribution in [0.25, 0.3) is 11.4 Å². The topological polar surface area (TPSA) is 35.2 Å². The second-order valence-electron chi connectivity index (χ2n) is 6.35. The Labute approximate surface area is 165 Å². The van der Waals surface area contributed by atoms with Gasteiger partial charge in [0.05, 0.1) is 19.3 Å². The van der Waals surface area contributed by atoms with Crippen molar-refractivity contribution < 1.29 is 4.74 Å². The third-order valence-electron chi connectivity index (χ3n) is 4.25. The number of ether oxygens (including phenoxy) is 1. The molecule has 0 unspecified atom stereocenters. The lowest BCUT2D eigenvalue weighted by Crippen LogP contribution is -2.22. The monoisotopic (exact) mass is 380 g/mol. The number of methoxy groups -OCH3 is 1. The molecule has 6 heteroatoms. The smallest absolute Gasteiger partial charge is 0.199 e. The SMILES string of the molecule is C=CCn1c(-c2ccccc2OC)nn(CN(C)Cc2ccccc2)c1=S. The van der Waals surface area contributed by atoms with E-state index in [-0.39, 0.29) is 0 Å². The highest BCUT2D eigenvalue weighted by Gasteiger charge is 2.16. The largest absolute Gasteiger partial charge is 0.496 e. The summed E-state index contributed by atoms with van der Waals surface area (Å²) in [7, 11) is 3.72. The van der Waals surface area contributed by atoms with E-state index in [4.69, 9.17) is 22.1 Å². The van der Waals surface area contributed by atoms with Gasteiger partial charge in [0.25, 0.3) is 0 Å². The first kappa shape index (κ1) is 19.1. The van der Waals surface area contributed by atoms with E-state index in [9.17, 15) is 0 Å². The molecule has 0 radical (unpaired) electrons. The molecule has 140 valence electrons. The predicted octanol–water partition coefficient (Wildman–Crippen LogP) is 4.37. The van der Waals surface area contributed by atoms with Crippen LogP contribution in [-0.2, 0) is 19.8 Å². The summed E-state index contributed by atoms with van der Waals surface area (Å²) in [5, 5.41) is 4.79. The molecule has 27 heavy (non-hydrogen) atoms. The number of aromatic nitrogens is 3. The van der Waals surface area contributed by atoms with Crippen LogP contribution in [0.1, 0.15) is 5.56 Å². The lowest BCUT2D eigenvalue weighted by atomic mass is 10.2. The molecule has 1 aromatic heterocycles. The molecule has 3 rings (SSSR count). The molecule has 0 saturated carbocycles. The lowest BCUT2D eigenvalue weighted by Gasteiger charge is -2.16. The molecule has 3 aromatic rings. The minimum atomic E-state index is 0.592. The number of hydrogen-bond acceptors (Lipinski definition) is 4. The molecule has 0 fully saturated rings. The predicted molar refractivity (Wildman–Crippen MR) is 111 cm³/mol. The van der Waals surface area contributed by atoms with Gasteiger partial charge in [-0.3, -0.25) is 9.47 Å². The summed E-state index contributed by atoms with van der Waals surface area (Å²) in [6.45, 7) is 5.86. The lowest BCUT2D eigenvalue weighted by molar-refractivity contribution is 0.244. The molecule has 0 atom stereocenters. The Morgan fingerprint density at radius 2 is 1.85 bits per heavy atom. The summed E-state index contributed by atoms with van der Waals surface area (Å²) in [4.78, 5) is 2.18. The number of hydrogen-bond donors (Lipinski definition) is 0. The highest BCUT2D eigenvalue weighted by atomic mass is 32.1. The van der Waals surface area contributed by atoms with E-state index in [2.05, 4.69) is 30.7 Å². The fourth-order valence-electron chi connectivity index (χ4n) is 3.03. The standard InChI is InChI=1S/C21H24N4OS/c1-4-14-24-20(18-12-8-9-13-19(18)26-3)22-25(21(24)27)16-23(2)15-17-10-6-5-7-11-17/h4-13H,1,14-16H2,2-3H3. The van der Waals surface area contributed by atoms with Crippen molar-refractivity contribution in [2.24, 2.45) is 0 Å². The van der Waals surface area contributed by atoms with Gasteiger partial charge in [0, 0.05) is 13.1 Å². The zero-order valence-electron chi connectivity index (χ0n) is 15.7. The van der Waals surface area contributed by atoms with Crippen molar-refractivity contribution in [3.8, 4) is 17.1 Å². The van der Waals surface area contributed by atoms with E-state index in [0.29, 0.717) is 18.0 Å². The van der Waals surface area contributed by atoms with Crippen LogP contribution in [0.3, 0.4) is 0 Å². The molecular formula is C21H24N4OS. The van der Waals surface area contributed by atoms with Gasteiger partial charge in [-0.15, -0.1) is 6.58 Å². The van der Waals surface area contributed by atoms with Crippen LogP contribution in [0.15, 0.2) is 67.3 Å². The van der Waals surface area contributed by atoms with Crippen LogP contribution in [0.5, 0.6) is 5.75 Å². The number of allylic oxidation sites excluding steroid dienone is 1. The average Bonchev–Trinajstić information content (AvgIpc) is 2.98. The molecule has 0 bridgehead atoms. The molecule has 5 nitrogen and oxygen atoms in total. The van der Waals surface area contributed by atoms with Gasteiger partial charge in [0.15, 0.2) is 10.6 Å². The number of nitrogens with zero attached hydrogens (tertiary/aromatic N) is 4. The molecule has 0 amide bonds. The quantitative estimate of drug-likeness (QED) is 0.429. The van der Waals surface area contributed by atoms with Crippen LogP contribution in [0.2, 0.25) is 0 Å². The Morgan fingerprint density at radius 1 is 1.15 bits per heavy atom. The highest BCUT2D eigenvalue weighted by molar-refractivity contribution is 7.71. The van der Waals surface area contributed by atoms with Gasteiger partial charge in [0.1, 0.15) is 5.75 Å². The first-order chi connectivity index (χ1) is 13.1. The van der Waals surface area contributed by atoms with Crippen LogP contribution >= 0.6 is 12.2 Å². The Hall–Kier alpha value is -2.70. The second kappa shape index (κ2) is 8.79. The van der Waals surface area contributed by atoms with Crippen LogP contribution < -0.4 is 4.74 Å². The molecule has 0 aliphatic heterocycles. The van der Waals surface area contributed by atoms with Gasteiger partial charge in [0.2, 0.25) is 0 Å². The van der Waals surface area contributed by atoms with Crippen LogP contribution in [0.4, 0.5) is 0 Å². The van der Waals surface area contributed by atoms with Crippen molar-refractivity contribution in [2.75, 3.05) is 14.2 Å². The van der Waals surface area contributed by atoms with E-state index in [1.54, 1.807) is 7.11 Å². The summed E-state index contributed by atoms with van der Waals surface area (Å²) in [5.74, 6) is 1.55. The first-order valence-corrected chi connectivity index (χ1v) is 9.19. The van der Waals surface area contributed by atoms with Gasteiger partial charge in [-0.2, -0.15) is 5.10 Å². The molecule has 1 heterocycles. The Kier molecular flexibility index (Phi) is 6.21. The fraction of sp³-hybridized carbons (Fsp3) is 0.238. The zero-order chi connectivity index (χ0) is 19.2. The maximum atomic E-state index is 5.69. The van der Waals surface area contributed by atoms with Crippen LogP contribution in [-0.4, -0.2) is 33.4 Å². The van der Waals surface area contributed by atoms with E-state index < -0.39 is 0 Å². The summed E-state index contributed by atoms with van der Waals surface area (Å²) in [6.07, 6.45) is 1.83. The third-order valence-corrected chi connectivity index (χ3v) is 4.68. The van der Waals surface area contributed by atoms with Crippen molar-refractivity contribution in [1.82, 2.24) is 19.2 Å². The Bertz CT molecular complexity index is 962. The Balaban J connectivity index is 1.93. The second-order valence-corrected chi connectivity index (χ2v) is 6.71. The average molecular weight is 381 g/mol. The van der Waals surface area contributed by atoms with Gasteiger partial charge < -0.3 is 4.74 Å². The fourth-order valence-corrected chi connectivity index (χ4v) is 3.29. The number of rotatable bonds is 8. The normalized spacial score (nSPS) is 10.9. The van der Waals surface area contributed by atoms with E-state index in [0.717, 1.165) is 23.7 Å². The van der Waals surface area contributed by atoms with E-state index >= 15 is 0 Å². The summed E-state index contributed by atoms with van der Waals surface area (Å²) in [6, 6.07) is 18.2. The molecule has 0 aliphatic carbocycles. The zero-order valence-corrected chi connectivity index (χ0v) is 16.5. The summed E-state index contributed by atoms with van der Waals surface area (Å²) >= 11 is 5.69. The van der Waals surface area contributed by atoms with E-state index in [1.165, 1.54) is 5.56 Å². The van der Waals surface area contributed by atoms with Crippen molar-refractivity contribution >= 4 is 12.2 Å². The Morgan fingerprint density at radius 3 is 2.56 bits per heavy atom. The van der Waals surface area contributed by atoms with Gasteiger partial charge in [-0.25, -0.2) is 4.68 Å². The summed E-state index contributed by atoms with van der Waals surface area (Å²) in [5.41, 5.74) is 2.17. The third kappa shape index (κ3) is 4.35. The number of benzene rings is 2. The van der Waals surface area contributed by atoms with E-state index in [1.807, 2.05) is 57.8 Å². The van der Waals surface area contributed by atoms with Gasteiger partial charge in [-0.1, -0.05) is 48.5 Å². The molecule has 2 aromatic carbocycles. The molecule has 0 spiro atoms. The minimum Gasteiger partial charge on any atom is -0.496 e. The minimum absolute atomic E-state index is 0.592. The molecular weight excluding hydrogens is 356 g/mol.